The molecular formula is C15H19F3N2OS. The topological polar surface area (TPSA) is 55.1 Å². The van der Waals surface area contributed by atoms with Gasteiger partial charge in [-0.25, -0.2) is 13.2 Å². The van der Waals surface area contributed by atoms with Crippen LogP contribution >= 0.6 is 11.8 Å². The first-order chi connectivity index (χ1) is 10.5. The fourth-order valence-corrected chi connectivity index (χ4v) is 3.31. The van der Waals surface area contributed by atoms with Crippen LogP contribution in [0.15, 0.2) is 23.1 Å². The lowest BCUT2D eigenvalue weighted by atomic mass is 9.85. The van der Waals surface area contributed by atoms with Gasteiger partial charge in [-0.1, -0.05) is 6.42 Å². The van der Waals surface area contributed by atoms with Crippen LogP contribution in [0, 0.1) is 11.7 Å². The van der Waals surface area contributed by atoms with Gasteiger partial charge in [0.1, 0.15) is 5.82 Å². The number of thioether (sulfide) groups is 1. The number of nitrogens with two attached hydrogens (primary N) is 1. The van der Waals surface area contributed by atoms with Crippen molar-refractivity contribution in [1.29, 1.82) is 0 Å². The lowest BCUT2D eigenvalue weighted by Gasteiger charge is -2.26. The highest BCUT2D eigenvalue weighted by atomic mass is 32.2. The number of carbonyl (C=O) groups excluding carboxylic acids is 1. The summed E-state index contributed by atoms with van der Waals surface area (Å²) in [6.45, 7) is 0. The third kappa shape index (κ3) is 4.91. The van der Waals surface area contributed by atoms with Crippen molar-refractivity contribution in [1.82, 2.24) is 0 Å². The second-order valence-electron chi connectivity index (χ2n) is 5.46. The number of hydrogen-bond acceptors (Lipinski definition) is 3. The van der Waals surface area contributed by atoms with Crippen molar-refractivity contribution >= 4 is 23.4 Å². The zero-order valence-electron chi connectivity index (χ0n) is 12.0. The van der Waals surface area contributed by atoms with E-state index in [1.165, 1.54) is 12.1 Å². The fourth-order valence-electron chi connectivity index (χ4n) is 2.58. The van der Waals surface area contributed by atoms with Crippen LogP contribution < -0.4 is 11.1 Å². The Labute approximate surface area is 131 Å². The van der Waals surface area contributed by atoms with E-state index in [2.05, 4.69) is 5.32 Å². The second-order valence-corrected chi connectivity index (χ2v) is 6.52. The molecule has 3 N–H and O–H groups in total. The molecule has 0 heterocycles. The van der Waals surface area contributed by atoms with Crippen LogP contribution in [0.2, 0.25) is 0 Å². The van der Waals surface area contributed by atoms with Gasteiger partial charge in [-0.2, -0.15) is 0 Å². The molecule has 1 aromatic rings. The van der Waals surface area contributed by atoms with Gasteiger partial charge in [-0.05, 0) is 37.5 Å². The first-order valence-corrected chi connectivity index (χ1v) is 8.21. The summed E-state index contributed by atoms with van der Waals surface area (Å²) < 4.78 is 38.0. The lowest BCUT2D eigenvalue weighted by Crippen LogP contribution is -2.34. The van der Waals surface area contributed by atoms with Crippen molar-refractivity contribution in [2.24, 2.45) is 11.7 Å². The summed E-state index contributed by atoms with van der Waals surface area (Å²) in [6.07, 6.45) is 0.666. The standard InChI is InChI=1S/C15H19F3N2OS/c16-10-4-5-13(22-8-14(17)18)12(7-10)20-15(21)9-2-1-3-11(19)6-9/h4-5,7,9,11,14H,1-3,6,8,19H2,(H,20,21). The number of alkyl halides is 2. The second kappa shape index (κ2) is 7.87. The number of nitrogens with one attached hydrogen (secondary N) is 1. The van der Waals surface area contributed by atoms with Gasteiger partial charge in [-0.15, -0.1) is 11.8 Å². The Morgan fingerprint density at radius 2 is 2.18 bits per heavy atom. The maximum atomic E-state index is 13.4. The third-order valence-electron chi connectivity index (χ3n) is 3.65. The van der Waals surface area contributed by atoms with Crippen LogP contribution in [0.1, 0.15) is 25.7 Å². The van der Waals surface area contributed by atoms with E-state index in [9.17, 15) is 18.0 Å². The predicted molar refractivity (Wildman–Crippen MR) is 81.7 cm³/mol. The van der Waals surface area contributed by atoms with E-state index in [1.54, 1.807) is 0 Å². The normalized spacial score (nSPS) is 21.9. The molecule has 0 radical (unpaired) electrons. The summed E-state index contributed by atoms with van der Waals surface area (Å²) in [4.78, 5) is 12.7. The molecule has 2 atom stereocenters. The Morgan fingerprint density at radius 1 is 1.41 bits per heavy atom. The molecule has 0 saturated heterocycles. The Balaban J connectivity index is 2.06. The van der Waals surface area contributed by atoms with Crippen LogP contribution in [0.25, 0.3) is 0 Å². The SMILES string of the molecule is NC1CCCC(C(=O)Nc2cc(F)ccc2SCC(F)F)C1. The van der Waals surface area contributed by atoms with Crippen LogP contribution in [-0.2, 0) is 4.79 Å². The summed E-state index contributed by atoms with van der Waals surface area (Å²) in [6, 6.07) is 3.77. The van der Waals surface area contributed by atoms with E-state index in [0.29, 0.717) is 11.3 Å². The molecule has 1 aliphatic rings. The van der Waals surface area contributed by atoms with Crippen LogP contribution in [0.3, 0.4) is 0 Å². The molecule has 2 rings (SSSR count). The number of benzene rings is 1. The summed E-state index contributed by atoms with van der Waals surface area (Å²) in [5.41, 5.74) is 6.11. The third-order valence-corrected chi connectivity index (χ3v) is 4.74. The largest absolute Gasteiger partial charge is 0.328 e. The molecule has 0 aromatic heterocycles. The molecular weight excluding hydrogens is 313 g/mol. The highest BCUT2D eigenvalue weighted by Crippen LogP contribution is 2.31. The van der Waals surface area contributed by atoms with Crippen molar-refractivity contribution in [3.05, 3.63) is 24.0 Å². The summed E-state index contributed by atoms with van der Waals surface area (Å²) >= 11 is 0.897. The zero-order valence-corrected chi connectivity index (χ0v) is 12.8. The smallest absolute Gasteiger partial charge is 0.247 e. The van der Waals surface area contributed by atoms with Gasteiger partial charge in [0, 0.05) is 16.9 Å². The number of carbonyl (C=O) groups is 1. The molecule has 0 aliphatic heterocycles. The Hall–Kier alpha value is -1.21. The van der Waals surface area contributed by atoms with Gasteiger partial charge in [0.05, 0.1) is 11.4 Å². The van der Waals surface area contributed by atoms with Crippen LogP contribution in [-0.4, -0.2) is 24.1 Å². The van der Waals surface area contributed by atoms with Crippen molar-refractivity contribution in [3.63, 3.8) is 0 Å². The molecule has 1 amide bonds. The average Bonchev–Trinajstić information content (AvgIpc) is 2.46. The molecule has 0 spiro atoms. The van der Waals surface area contributed by atoms with E-state index < -0.39 is 18.0 Å². The quantitative estimate of drug-likeness (QED) is 0.810. The molecule has 1 aromatic carbocycles. The van der Waals surface area contributed by atoms with Crippen molar-refractivity contribution in [3.8, 4) is 0 Å². The monoisotopic (exact) mass is 332 g/mol. The van der Waals surface area contributed by atoms with E-state index in [-0.39, 0.29) is 23.6 Å². The van der Waals surface area contributed by atoms with E-state index in [4.69, 9.17) is 5.73 Å². The maximum Gasteiger partial charge on any atom is 0.247 e. The minimum Gasteiger partial charge on any atom is -0.328 e. The van der Waals surface area contributed by atoms with Gasteiger partial charge >= 0.3 is 0 Å². The van der Waals surface area contributed by atoms with Gasteiger partial charge in [-0.3, -0.25) is 4.79 Å². The zero-order chi connectivity index (χ0) is 16.1. The van der Waals surface area contributed by atoms with Crippen LogP contribution in [0.5, 0.6) is 0 Å². The number of hydrogen-bond donors (Lipinski definition) is 2. The molecule has 7 heteroatoms. The number of rotatable bonds is 5. The number of anilines is 1. The van der Waals surface area contributed by atoms with Gasteiger partial charge < -0.3 is 11.1 Å². The molecule has 2 unspecified atom stereocenters. The van der Waals surface area contributed by atoms with E-state index in [0.717, 1.165) is 37.1 Å². The molecule has 0 bridgehead atoms. The predicted octanol–water partition coefficient (Wildman–Crippen LogP) is 3.64. The van der Waals surface area contributed by atoms with Crippen molar-refractivity contribution in [2.75, 3.05) is 11.1 Å². The highest BCUT2D eigenvalue weighted by Gasteiger charge is 2.26. The molecule has 122 valence electrons. The minimum atomic E-state index is -2.46. The molecule has 1 saturated carbocycles. The maximum absolute atomic E-state index is 13.4. The van der Waals surface area contributed by atoms with E-state index >= 15 is 0 Å². The summed E-state index contributed by atoms with van der Waals surface area (Å²) in [5.74, 6) is -1.35. The summed E-state index contributed by atoms with van der Waals surface area (Å²) in [7, 11) is 0. The Bertz CT molecular complexity index is 528. The summed E-state index contributed by atoms with van der Waals surface area (Å²) in [5, 5.41) is 2.67. The minimum absolute atomic E-state index is 0.00434. The van der Waals surface area contributed by atoms with Crippen LogP contribution in [0.4, 0.5) is 18.9 Å². The van der Waals surface area contributed by atoms with Gasteiger partial charge in [0.15, 0.2) is 0 Å². The van der Waals surface area contributed by atoms with Crippen molar-refractivity contribution < 1.29 is 18.0 Å². The lowest BCUT2D eigenvalue weighted by molar-refractivity contribution is -0.120. The van der Waals surface area contributed by atoms with Gasteiger partial charge in [0.25, 0.3) is 0 Å². The Morgan fingerprint density at radius 3 is 2.86 bits per heavy atom. The molecule has 1 aliphatic carbocycles. The van der Waals surface area contributed by atoms with Gasteiger partial charge in [0.2, 0.25) is 12.3 Å². The molecule has 3 nitrogen and oxygen atoms in total. The van der Waals surface area contributed by atoms with E-state index in [1.807, 2.05) is 0 Å². The Kier molecular flexibility index (Phi) is 6.14. The van der Waals surface area contributed by atoms with Crippen molar-refractivity contribution in [2.45, 2.75) is 43.0 Å². The number of halogens is 3. The molecule has 22 heavy (non-hydrogen) atoms. The fraction of sp³-hybridized carbons (Fsp3) is 0.533. The molecule has 1 fully saturated rings. The average molecular weight is 332 g/mol. The first kappa shape index (κ1) is 17.1. The first-order valence-electron chi connectivity index (χ1n) is 7.22. The highest BCUT2D eigenvalue weighted by molar-refractivity contribution is 7.99. The number of amides is 1.